The molecule has 7 nitrogen and oxygen atoms in total. The molecule has 2 aromatic rings. The van der Waals surface area contributed by atoms with Gasteiger partial charge in [-0.05, 0) is 31.3 Å². The molecule has 30 heavy (non-hydrogen) atoms. The molecule has 3 unspecified atom stereocenters. The van der Waals surface area contributed by atoms with E-state index in [1.165, 1.54) is 6.21 Å². The molecule has 0 saturated heterocycles. The smallest absolute Gasteiger partial charge is 0.240 e. The fourth-order valence-electron chi connectivity index (χ4n) is 3.20. The third-order valence-corrected chi connectivity index (χ3v) is 5.53. The van der Waals surface area contributed by atoms with E-state index in [0.29, 0.717) is 16.2 Å². The van der Waals surface area contributed by atoms with E-state index in [2.05, 4.69) is 21.3 Å². The summed E-state index contributed by atoms with van der Waals surface area (Å²) in [5, 5.41) is 19.9. The fourth-order valence-corrected chi connectivity index (χ4v) is 3.46. The van der Waals surface area contributed by atoms with Gasteiger partial charge in [0.05, 0.1) is 4.99 Å². The molecule has 0 aliphatic rings. The summed E-state index contributed by atoms with van der Waals surface area (Å²) >= 11 is 5.59. The molecule has 0 bridgehead atoms. The average molecular weight is 427 g/mol. The molecule has 2 aromatic carbocycles. The summed E-state index contributed by atoms with van der Waals surface area (Å²) in [6.07, 6.45) is 0.796. The van der Waals surface area contributed by atoms with Crippen molar-refractivity contribution in [2.75, 3.05) is 19.8 Å². The second-order valence-electron chi connectivity index (χ2n) is 6.96. The first-order chi connectivity index (χ1) is 14.4. The molecule has 3 atom stereocenters. The first kappa shape index (κ1) is 23.5. The number of anilines is 1. The van der Waals surface area contributed by atoms with Crippen molar-refractivity contribution >= 4 is 35.0 Å². The van der Waals surface area contributed by atoms with Crippen molar-refractivity contribution in [1.29, 1.82) is 5.41 Å². The molecule has 1 amide bonds. The number of hydrogen-bond acceptors (Lipinski definition) is 6. The van der Waals surface area contributed by atoms with Crippen molar-refractivity contribution in [1.82, 2.24) is 21.3 Å². The Labute approximate surface area is 183 Å². The number of carbonyl (C=O) groups excluding carboxylic acids is 1. The Morgan fingerprint density at radius 1 is 1.13 bits per heavy atom. The van der Waals surface area contributed by atoms with E-state index in [1.807, 2.05) is 43.3 Å². The van der Waals surface area contributed by atoms with Gasteiger partial charge in [0.1, 0.15) is 12.2 Å². The number of amides is 1. The van der Waals surface area contributed by atoms with Gasteiger partial charge in [-0.2, -0.15) is 0 Å². The van der Waals surface area contributed by atoms with Gasteiger partial charge in [-0.25, -0.2) is 0 Å². The summed E-state index contributed by atoms with van der Waals surface area (Å²) in [6.45, 7) is 2.30. The van der Waals surface area contributed by atoms with Gasteiger partial charge in [-0.15, -0.1) is 0 Å². The largest absolute Gasteiger partial charge is 0.398 e. The Bertz CT molecular complexity index is 873. The maximum absolute atomic E-state index is 12.9. The lowest BCUT2D eigenvalue weighted by Crippen LogP contribution is -2.61. The van der Waals surface area contributed by atoms with Crippen LogP contribution in [0.15, 0.2) is 48.5 Å². The standard InChI is InChI=1S/C22H30N6OS/c1-14(15-8-5-4-6-9-15)22(30)28-20(26-3)19(25-2)21(29)27-13-16-10-7-11-18(24)17(16)12-23/h4-12,14,19-20,23,25-26H,13,24H2,1-3H3,(H,27,29)(H,28,30). The SMILES string of the molecule is CNC(NC(=S)C(C)c1ccccc1)C(NC)C(=O)NCc1cccc(N)c1C=N. The molecule has 0 spiro atoms. The Kier molecular flexibility index (Phi) is 8.91. The number of likely N-dealkylation sites (N-methyl/N-ethyl adjacent to an activating group) is 2. The van der Waals surface area contributed by atoms with Crippen LogP contribution in [0, 0.1) is 5.41 Å². The lowest BCUT2D eigenvalue weighted by atomic mass is 10.0. The lowest BCUT2D eigenvalue weighted by Gasteiger charge is -2.29. The van der Waals surface area contributed by atoms with Gasteiger partial charge in [0.15, 0.2) is 0 Å². The lowest BCUT2D eigenvalue weighted by molar-refractivity contribution is -0.124. The van der Waals surface area contributed by atoms with Crippen LogP contribution in [0.25, 0.3) is 0 Å². The van der Waals surface area contributed by atoms with E-state index in [1.54, 1.807) is 26.2 Å². The normalized spacial score (nSPS) is 13.7. The molecule has 0 aromatic heterocycles. The van der Waals surface area contributed by atoms with Gasteiger partial charge in [-0.3, -0.25) is 10.1 Å². The highest BCUT2D eigenvalue weighted by Gasteiger charge is 2.27. The summed E-state index contributed by atoms with van der Waals surface area (Å²) in [7, 11) is 3.50. The molecule has 7 N–H and O–H groups in total. The minimum absolute atomic E-state index is 0.0139. The molecule has 2 rings (SSSR count). The fraction of sp³-hybridized carbons (Fsp3) is 0.318. The number of benzene rings is 2. The van der Waals surface area contributed by atoms with Gasteiger partial charge < -0.3 is 27.1 Å². The minimum atomic E-state index is -0.569. The number of thiocarbonyl (C=S) groups is 1. The minimum Gasteiger partial charge on any atom is -0.398 e. The molecular weight excluding hydrogens is 396 g/mol. The molecule has 160 valence electrons. The third kappa shape index (κ3) is 5.85. The maximum atomic E-state index is 12.9. The zero-order valence-electron chi connectivity index (χ0n) is 17.5. The van der Waals surface area contributed by atoms with Crippen LogP contribution in [0.5, 0.6) is 0 Å². The number of rotatable bonds is 10. The van der Waals surface area contributed by atoms with Crippen molar-refractivity contribution in [2.24, 2.45) is 0 Å². The van der Waals surface area contributed by atoms with E-state index in [4.69, 9.17) is 23.4 Å². The van der Waals surface area contributed by atoms with Crippen LogP contribution in [0.2, 0.25) is 0 Å². The van der Waals surface area contributed by atoms with E-state index >= 15 is 0 Å². The second kappa shape index (κ2) is 11.4. The molecule has 0 fully saturated rings. The van der Waals surface area contributed by atoms with Crippen molar-refractivity contribution in [3.8, 4) is 0 Å². The molecule has 8 heteroatoms. The molecule has 0 heterocycles. The quantitative estimate of drug-likeness (QED) is 0.149. The Morgan fingerprint density at radius 3 is 2.43 bits per heavy atom. The number of carbonyl (C=O) groups is 1. The predicted octanol–water partition coefficient (Wildman–Crippen LogP) is 1.74. The first-order valence-electron chi connectivity index (χ1n) is 9.78. The number of nitrogens with one attached hydrogen (secondary N) is 5. The first-order valence-corrected chi connectivity index (χ1v) is 10.2. The highest BCUT2D eigenvalue weighted by Crippen LogP contribution is 2.16. The van der Waals surface area contributed by atoms with Gasteiger partial charge in [0, 0.05) is 29.9 Å². The van der Waals surface area contributed by atoms with Crippen molar-refractivity contribution in [3.05, 3.63) is 65.2 Å². The van der Waals surface area contributed by atoms with Crippen molar-refractivity contribution in [3.63, 3.8) is 0 Å². The topological polar surface area (TPSA) is 115 Å². The molecule has 0 aliphatic heterocycles. The third-order valence-electron chi connectivity index (χ3n) is 5.06. The van der Waals surface area contributed by atoms with E-state index < -0.39 is 12.2 Å². The zero-order valence-corrected chi connectivity index (χ0v) is 18.3. The number of nitrogens with two attached hydrogens (primary N) is 1. The van der Waals surface area contributed by atoms with Crippen molar-refractivity contribution < 1.29 is 4.79 Å². The summed E-state index contributed by atoms with van der Waals surface area (Å²) < 4.78 is 0. The zero-order chi connectivity index (χ0) is 22.1. The summed E-state index contributed by atoms with van der Waals surface area (Å²) in [6, 6.07) is 14.8. The summed E-state index contributed by atoms with van der Waals surface area (Å²) in [4.78, 5) is 13.5. The Balaban J connectivity index is 2.04. The van der Waals surface area contributed by atoms with Gasteiger partial charge in [-0.1, -0.05) is 61.6 Å². The second-order valence-corrected chi connectivity index (χ2v) is 7.40. The van der Waals surface area contributed by atoms with Crippen LogP contribution < -0.4 is 27.0 Å². The van der Waals surface area contributed by atoms with E-state index in [0.717, 1.165) is 11.1 Å². The number of hydrogen-bond donors (Lipinski definition) is 6. The molecule has 0 saturated carbocycles. The van der Waals surface area contributed by atoms with Crippen molar-refractivity contribution in [2.45, 2.75) is 31.6 Å². The van der Waals surface area contributed by atoms with Crippen LogP contribution in [0.4, 0.5) is 5.69 Å². The monoisotopic (exact) mass is 426 g/mol. The van der Waals surface area contributed by atoms with Crippen LogP contribution in [0.1, 0.15) is 29.5 Å². The summed E-state index contributed by atoms with van der Waals surface area (Å²) in [5.74, 6) is -0.182. The highest BCUT2D eigenvalue weighted by molar-refractivity contribution is 7.80. The Morgan fingerprint density at radius 2 is 1.83 bits per heavy atom. The highest BCUT2D eigenvalue weighted by atomic mass is 32.1. The number of nitrogen functional groups attached to an aromatic ring is 1. The molecular formula is C22H30N6OS. The van der Waals surface area contributed by atoms with E-state index in [-0.39, 0.29) is 18.4 Å². The van der Waals surface area contributed by atoms with Gasteiger partial charge in [0.2, 0.25) is 5.91 Å². The molecule has 0 aliphatic carbocycles. The average Bonchev–Trinajstić information content (AvgIpc) is 2.77. The van der Waals surface area contributed by atoms with Crippen LogP contribution in [0.3, 0.4) is 0 Å². The van der Waals surface area contributed by atoms with Gasteiger partial charge in [0.25, 0.3) is 0 Å². The van der Waals surface area contributed by atoms with Crippen LogP contribution in [-0.2, 0) is 11.3 Å². The summed E-state index contributed by atoms with van der Waals surface area (Å²) in [5.41, 5.74) is 8.93. The predicted molar refractivity (Wildman–Crippen MR) is 127 cm³/mol. The van der Waals surface area contributed by atoms with Crippen LogP contribution in [-0.4, -0.2) is 43.4 Å². The molecule has 0 radical (unpaired) electrons. The van der Waals surface area contributed by atoms with Gasteiger partial charge >= 0.3 is 0 Å². The van der Waals surface area contributed by atoms with Crippen LogP contribution >= 0.6 is 12.2 Å². The maximum Gasteiger partial charge on any atom is 0.240 e. The Hall–Kier alpha value is -2.81. The van der Waals surface area contributed by atoms with E-state index in [9.17, 15) is 4.79 Å².